The molecule has 2 N–H and O–H groups in total. The number of likely N-dealkylation sites (tertiary alicyclic amines) is 1. The first-order chi connectivity index (χ1) is 9.00. The molecule has 5 heteroatoms. The van der Waals surface area contributed by atoms with E-state index < -0.39 is 18.0 Å². The molecular weight excluding hydrogens is 246 g/mol. The van der Waals surface area contributed by atoms with E-state index in [9.17, 15) is 14.7 Å². The lowest BCUT2D eigenvalue weighted by atomic mass is 9.79. The fourth-order valence-electron chi connectivity index (χ4n) is 2.75. The monoisotopic (exact) mass is 263 g/mol. The van der Waals surface area contributed by atoms with Gasteiger partial charge in [0.25, 0.3) is 0 Å². The molecule has 5 nitrogen and oxygen atoms in total. The topological polar surface area (TPSA) is 77.8 Å². The second-order valence-corrected chi connectivity index (χ2v) is 4.93. The zero-order valence-corrected chi connectivity index (χ0v) is 10.7. The van der Waals surface area contributed by atoms with Gasteiger partial charge in [-0.1, -0.05) is 24.3 Å². The molecule has 0 aromatic heterocycles. The molecule has 0 aliphatic carbocycles. The highest BCUT2D eigenvalue weighted by Gasteiger charge is 2.37. The first kappa shape index (κ1) is 13.4. The molecule has 102 valence electrons. The third-order valence-electron chi connectivity index (χ3n) is 3.79. The Labute approximate surface area is 111 Å². The smallest absolute Gasteiger partial charge is 0.407 e. The van der Waals surface area contributed by atoms with Crippen molar-refractivity contribution < 1.29 is 19.8 Å². The van der Waals surface area contributed by atoms with Gasteiger partial charge < -0.3 is 15.1 Å². The molecule has 0 radical (unpaired) electrons. The van der Waals surface area contributed by atoms with Crippen LogP contribution in [-0.4, -0.2) is 40.3 Å². The van der Waals surface area contributed by atoms with Crippen LogP contribution < -0.4 is 0 Å². The lowest BCUT2D eigenvalue weighted by molar-refractivity contribution is -0.144. The van der Waals surface area contributed by atoms with Crippen molar-refractivity contribution in [1.29, 1.82) is 0 Å². The van der Waals surface area contributed by atoms with E-state index in [4.69, 9.17) is 5.11 Å². The Balaban J connectivity index is 2.28. The summed E-state index contributed by atoms with van der Waals surface area (Å²) in [5.74, 6) is -1.72. The molecule has 0 unspecified atom stereocenters. The Bertz CT molecular complexity index is 500. The number of carboxylic acid groups (broad SMARTS) is 2. The van der Waals surface area contributed by atoms with Gasteiger partial charge in [-0.2, -0.15) is 0 Å². The first-order valence-corrected chi connectivity index (χ1v) is 6.27. The summed E-state index contributed by atoms with van der Waals surface area (Å²) in [7, 11) is 0. The van der Waals surface area contributed by atoms with Gasteiger partial charge in [-0.05, 0) is 24.5 Å². The number of carboxylic acids is 1. The third kappa shape index (κ3) is 2.70. The van der Waals surface area contributed by atoms with Crippen molar-refractivity contribution >= 4 is 12.1 Å². The van der Waals surface area contributed by atoms with Crippen LogP contribution >= 0.6 is 0 Å². The Kier molecular flexibility index (Phi) is 3.74. The Morgan fingerprint density at radius 3 is 2.53 bits per heavy atom. The van der Waals surface area contributed by atoms with E-state index in [-0.39, 0.29) is 12.5 Å². The van der Waals surface area contributed by atoms with Crippen LogP contribution in [0.4, 0.5) is 4.79 Å². The minimum atomic E-state index is -1.05. The molecule has 1 aromatic carbocycles. The minimum absolute atomic E-state index is 0.0592. The maximum atomic E-state index is 11.4. The molecule has 0 bridgehead atoms. The zero-order valence-electron chi connectivity index (χ0n) is 10.7. The highest BCUT2D eigenvalue weighted by atomic mass is 16.4. The average Bonchev–Trinajstić information content (AvgIpc) is 2.38. The second-order valence-electron chi connectivity index (χ2n) is 4.93. The van der Waals surface area contributed by atoms with Gasteiger partial charge in [-0.25, -0.2) is 4.79 Å². The van der Waals surface area contributed by atoms with Gasteiger partial charge in [0.15, 0.2) is 0 Å². The van der Waals surface area contributed by atoms with Crippen LogP contribution in [0.25, 0.3) is 0 Å². The Morgan fingerprint density at radius 1 is 1.26 bits per heavy atom. The van der Waals surface area contributed by atoms with Crippen LogP contribution in [0.1, 0.15) is 23.5 Å². The number of aliphatic carboxylic acids is 1. The number of hydrogen-bond acceptors (Lipinski definition) is 2. The lowest BCUT2D eigenvalue weighted by Gasteiger charge is -2.35. The van der Waals surface area contributed by atoms with Crippen molar-refractivity contribution in [2.75, 3.05) is 13.1 Å². The summed E-state index contributed by atoms with van der Waals surface area (Å²) in [6, 6.07) is 7.70. The maximum Gasteiger partial charge on any atom is 0.407 e. The molecule has 2 atom stereocenters. The first-order valence-electron chi connectivity index (χ1n) is 6.27. The molecule has 1 fully saturated rings. The average molecular weight is 263 g/mol. The van der Waals surface area contributed by atoms with Crippen LogP contribution in [0.3, 0.4) is 0 Å². The molecule has 1 amide bonds. The molecule has 1 aromatic rings. The highest BCUT2D eigenvalue weighted by molar-refractivity contribution is 5.74. The second kappa shape index (κ2) is 5.30. The van der Waals surface area contributed by atoms with E-state index in [2.05, 4.69) is 0 Å². The standard InChI is InChI=1S/C14H17NO4/c1-9-4-2-3-5-10(9)11-6-7-15(14(18)19)8-12(11)13(16)17/h2-5,11-12H,6-8H2,1H3,(H,16,17)(H,18,19)/t11-,12-/m0/s1. The van der Waals surface area contributed by atoms with Gasteiger partial charge >= 0.3 is 12.1 Å². The Hall–Kier alpha value is -2.04. The molecular formula is C14H17NO4. The number of nitrogens with zero attached hydrogens (tertiary/aromatic N) is 1. The number of rotatable bonds is 2. The number of aryl methyl sites for hydroxylation is 1. The van der Waals surface area contributed by atoms with Gasteiger partial charge in [-0.15, -0.1) is 0 Å². The fourth-order valence-corrected chi connectivity index (χ4v) is 2.75. The van der Waals surface area contributed by atoms with E-state index in [0.717, 1.165) is 11.1 Å². The van der Waals surface area contributed by atoms with Crippen molar-refractivity contribution in [2.45, 2.75) is 19.3 Å². The van der Waals surface area contributed by atoms with Crippen molar-refractivity contribution in [2.24, 2.45) is 5.92 Å². The molecule has 0 spiro atoms. The zero-order chi connectivity index (χ0) is 14.0. The number of hydrogen-bond donors (Lipinski definition) is 2. The normalized spacial score (nSPS) is 23.1. The summed E-state index contributed by atoms with van der Waals surface area (Å²) in [6.45, 7) is 2.40. The van der Waals surface area contributed by atoms with Gasteiger partial charge in [0, 0.05) is 19.0 Å². The largest absolute Gasteiger partial charge is 0.481 e. The molecule has 1 aliphatic heterocycles. The van der Waals surface area contributed by atoms with Crippen LogP contribution in [0, 0.1) is 12.8 Å². The molecule has 1 saturated heterocycles. The van der Waals surface area contributed by atoms with Gasteiger partial charge in [0.1, 0.15) is 0 Å². The summed E-state index contributed by atoms with van der Waals surface area (Å²) in [6.07, 6.45) is -0.497. The summed E-state index contributed by atoms with van der Waals surface area (Å²) in [5, 5.41) is 18.3. The molecule has 2 rings (SSSR count). The van der Waals surface area contributed by atoms with Crippen molar-refractivity contribution in [1.82, 2.24) is 4.90 Å². The minimum Gasteiger partial charge on any atom is -0.481 e. The number of carbonyl (C=O) groups is 2. The number of amides is 1. The van der Waals surface area contributed by atoms with Crippen molar-refractivity contribution in [3.05, 3.63) is 35.4 Å². The molecule has 1 aliphatic rings. The molecule has 0 saturated carbocycles. The molecule has 1 heterocycles. The van der Waals surface area contributed by atoms with E-state index in [1.807, 2.05) is 31.2 Å². The summed E-state index contributed by atoms with van der Waals surface area (Å²) >= 11 is 0. The maximum absolute atomic E-state index is 11.4. The van der Waals surface area contributed by atoms with E-state index in [1.165, 1.54) is 4.90 Å². The lowest BCUT2D eigenvalue weighted by Crippen LogP contribution is -2.45. The van der Waals surface area contributed by atoms with E-state index in [0.29, 0.717) is 13.0 Å². The summed E-state index contributed by atoms with van der Waals surface area (Å²) in [4.78, 5) is 23.6. The summed E-state index contributed by atoms with van der Waals surface area (Å²) < 4.78 is 0. The van der Waals surface area contributed by atoms with Crippen LogP contribution in [-0.2, 0) is 4.79 Å². The number of benzene rings is 1. The van der Waals surface area contributed by atoms with Crippen LogP contribution in [0.2, 0.25) is 0 Å². The highest BCUT2D eigenvalue weighted by Crippen LogP contribution is 2.34. The van der Waals surface area contributed by atoms with E-state index >= 15 is 0 Å². The predicted molar refractivity (Wildman–Crippen MR) is 69.3 cm³/mol. The number of piperidine rings is 1. The van der Waals surface area contributed by atoms with Crippen molar-refractivity contribution in [3.8, 4) is 0 Å². The quantitative estimate of drug-likeness (QED) is 0.857. The van der Waals surface area contributed by atoms with Crippen LogP contribution in [0.15, 0.2) is 24.3 Å². The molecule has 19 heavy (non-hydrogen) atoms. The van der Waals surface area contributed by atoms with Crippen molar-refractivity contribution in [3.63, 3.8) is 0 Å². The van der Waals surface area contributed by atoms with Gasteiger partial charge in [-0.3, -0.25) is 4.79 Å². The van der Waals surface area contributed by atoms with E-state index in [1.54, 1.807) is 0 Å². The van der Waals surface area contributed by atoms with Crippen LogP contribution in [0.5, 0.6) is 0 Å². The van der Waals surface area contributed by atoms with Gasteiger partial charge in [0.05, 0.1) is 5.92 Å². The Morgan fingerprint density at radius 2 is 1.95 bits per heavy atom. The SMILES string of the molecule is Cc1ccccc1[C@@H]1CCN(C(=O)O)C[C@@H]1C(=O)O. The van der Waals surface area contributed by atoms with Gasteiger partial charge in [0.2, 0.25) is 0 Å². The fraction of sp³-hybridized carbons (Fsp3) is 0.429. The summed E-state index contributed by atoms with van der Waals surface area (Å²) in [5.41, 5.74) is 2.07. The third-order valence-corrected chi connectivity index (χ3v) is 3.79. The predicted octanol–water partition coefficient (Wildman–Crippen LogP) is 2.16.